The van der Waals surface area contributed by atoms with Crippen molar-refractivity contribution in [1.29, 1.82) is 0 Å². The molecule has 110 valence electrons. The van der Waals surface area contributed by atoms with Crippen LogP contribution in [0.3, 0.4) is 0 Å². The average Bonchev–Trinajstić information content (AvgIpc) is 2.46. The number of halogens is 1. The highest BCUT2D eigenvalue weighted by molar-refractivity contribution is 6.31. The second-order valence-electron chi connectivity index (χ2n) is 4.55. The zero-order valence-corrected chi connectivity index (χ0v) is 12.5. The van der Waals surface area contributed by atoms with Gasteiger partial charge in [0.05, 0.1) is 12.7 Å². The van der Waals surface area contributed by atoms with Gasteiger partial charge in [-0.2, -0.15) is 0 Å². The van der Waals surface area contributed by atoms with E-state index < -0.39 is 5.97 Å². The molecular formula is C16H15ClO4. The summed E-state index contributed by atoms with van der Waals surface area (Å²) in [6.45, 7) is 2.20. The van der Waals surface area contributed by atoms with Crippen LogP contribution in [-0.2, 0) is 6.61 Å². The predicted molar refractivity (Wildman–Crippen MR) is 80.5 cm³/mol. The van der Waals surface area contributed by atoms with Gasteiger partial charge in [0.15, 0.2) is 11.5 Å². The first-order chi connectivity index (χ1) is 10.0. The summed E-state index contributed by atoms with van der Waals surface area (Å²) in [6, 6.07) is 10.2. The van der Waals surface area contributed by atoms with E-state index in [9.17, 15) is 4.79 Å². The van der Waals surface area contributed by atoms with Crippen LogP contribution in [0.2, 0.25) is 5.02 Å². The predicted octanol–water partition coefficient (Wildman–Crippen LogP) is 3.93. The molecule has 0 radical (unpaired) electrons. The Morgan fingerprint density at radius 1 is 1.19 bits per heavy atom. The molecule has 0 spiro atoms. The summed E-state index contributed by atoms with van der Waals surface area (Å²) < 4.78 is 11.0. The van der Waals surface area contributed by atoms with Crippen LogP contribution in [0, 0.1) is 6.92 Å². The number of aryl methyl sites for hydroxylation is 1. The fourth-order valence-electron chi connectivity index (χ4n) is 1.85. The molecule has 0 saturated carbocycles. The van der Waals surface area contributed by atoms with Crippen molar-refractivity contribution in [3.8, 4) is 11.5 Å². The molecule has 1 N–H and O–H groups in total. The van der Waals surface area contributed by atoms with E-state index in [0.29, 0.717) is 22.1 Å². The molecule has 2 rings (SSSR count). The van der Waals surface area contributed by atoms with E-state index in [2.05, 4.69) is 0 Å². The lowest BCUT2D eigenvalue weighted by Crippen LogP contribution is -2.01. The molecule has 0 fully saturated rings. The SMILES string of the molecule is COc1cc(C)ccc1OCc1ccc(C(=O)O)cc1Cl. The average molecular weight is 307 g/mol. The molecule has 21 heavy (non-hydrogen) atoms. The molecule has 0 aromatic heterocycles. The third-order valence-electron chi connectivity index (χ3n) is 3.00. The number of hydrogen-bond donors (Lipinski definition) is 1. The van der Waals surface area contributed by atoms with Gasteiger partial charge in [-0.25, -0.2) is 4.79 Å². The lowest BCUT2D eigenvalue weighted by Gasteiger charge is -2.12. The maximum Gasteiger partial charge on any atom is 0.335 e. The Hall–Kier alpha value is -2.20. The fraction of sp³-hybridized carbons (Fsp3) is 0.188. The van der Waals surface area contributed by atoms with Crippen molar-refractivity contribution in [3.05, 3.63) is 58.1 Å². The quantitative estimate of drug-likeness (QED) is 0.909. The van der Waals surface area contributed by atoms with Crippen LogP contribution < -0.4 is 9.47 Å². The minimum atomic E-state index is -1.01. The van der Waals surface area contributed by atoms with Crippen LogP contribution in [0.25, 0.3) is 0 Å². The molecule has 5 heteroatoms. The van der Waals surface area contributed by atoms with E-state index in [1.54, 1.807) is 13.2 Å². The van der Waals surface area contributed by atoms with Crippen LogP contribution >= 0.6 is 11.6 Å². The maximum absolute atomic E-state index is 10.9. The zero-order chi connectivity index (χ0) is 15.4. The van der Waals surface area contributed by atoms with E-state index in [-0.39, 0.29) is 12.2 Å². The number of carboxylic acids is 1. The third-order valence-corrected chi connectivity index (χ3v) is 3.35. The molecule has 0 heterocycles. The number of hydrogen-bond acceptors (Lipinski definition) is 3. The Morgan fingerprint density at radius 3 is 2.57 bits per heavy atom. The van der Waals surface area contributed by atoms with Crippen molar-refractivity contribution < 1.29 is 19.4 Å². The highest BCUT2D eigenvalue weighted by Crippen LogP contribution is 2.29. The van der Waals surface area contributed by atoms with E-state index in [4.69, 9.17) is 26.2 Å². The van der Waals surface area contributed by atoms with E-state index in [1.165, 1.54) is 12.1 Å². The third kappa shape index (κ3) is 3.67. The largest absolute Gasteiger partial charge is 0.493 e. The second-order valence-corrected chi connectivity index (χ2v) is 4.96. The molecule has 4 nitrogen and oxygen atoms in total. The molecule has 0 aliphatic carbocycles. The Labute approximate surface area is 127 Å². The van der Waals surface area contributed by atoms with E-state index in [1.807, 2.05) is 25.1 Å². The highest BCUT2D eigenvalue weighted by atomic mass is 35.5. The molecule has 0 saturated heterocycles. The molecule has 0 unspecified atom stereocenters. The molecule has 0 aliphatic rings. The molecular weight excluding hydrogens is 292 g/mol. The Kier molecular flexibility index (Phi) is 4.70. The summed E-state index contributed by atoms with van der Waals surface area (Å²) in [5.41, 5.74) is 1.93. The van der Waals surface area contributed by atoms with Crippen LogP contribution in [0.15, 0.2) is 36.4 Å². The number of ether oxygens (including phenoxy) is 2. The number of carboxylic acid groups (broad SMARTS) is 1. The van der Waals surface area contributed by atoms with Gasteiger partial charge in [-0.05, 0) is 36.8 Å². The van der Waals surface area contributed by atoms with Crippen molar-refractivity contribution in [2.45, 2.75) is 13.5 Å². The Morgan fingerprint density at radius 2 is 1.95 bits per heavy atom. The van der Waals surface area contributed by atoms with Gasteiger partial charge in [-0.15, -0.1) is 0 Å². The number of aromatic carboxylic acids is 1. The monoisotopic (exact) mass is 306 g/mol. The molecule has 2 aromatic carbocycles. The van der Waals surface area contributed by atoms with E-state index >= 15 is 0 Å². The highest BCUT2D eigenvalue weighted by Gasteiger charge is 2.09. The topological polar surface area (TPSA) is 55.8 Å². The van der Waals surface area contributed by atoms with Crippen LogP contribution in [0.4, 0.5) is 0 Å². The first kappa shape index (κ1) is 15.2. The molecule has 0 bridgehead atoms. The second kappa shape index (κ2) is 6.50. The molecule has 0 aliphatic heterocycles. The fourth-order valence-corrected chi connectivity index (χ4v) is 2.08. The van der Waals surface area contributed by atoms with Gasteiger partial charge in [0.2, 0.25) is 0 Å². The number of rotatable bonds is 5. The van der Waals surface area contributed by atoms with Gasteiger partial charge in [0.1, 0.15) is 6.61 Å². The van der Waals surface area contributed by atoms with Gasteiger partial charge in [-0.1, -0.05) is 23.7 Å². The number of carbonyl (C=O) groups is 1. The van der Waals surface area contributed by atoms with Crippen LogP contribution in [0.5, 0.6) is 11.5 Å². The summed E-state index contributed by atoms with van der Waals surface area (Å²) in [7, 11) is 1.58. The first-order valence-electron chi connectivity index (χ1n) is 6.30. The standard InChI is InChI=1S/C16H15ClO4/c1-10-3-6-14(15(7-10)20-2)21-9-12-5-4-11(16(18)19)8-13(12)17/h3-8H,9H2,1-2H3,(H,18,19). The molecule has 2 aromatic rings. The summed E-state index contributed by atoms with van der Waals surface area (Å²) in [5, 5.41) is 9.26. The van der Waals surface area contributed by atoms with Crippen LogP contribution in [0.1, 0.15) is 21.5 Å². The van der Waals surface area contributed by atoms with E-state index in [0.717, 1.165) is 5.56 Å². The minimum absolute atomic E-state index is 0.150. The maximum atomic E-state index is 10.9. The van der Waals surface area contributed by atoms with Gasteiger partial charge in [0, 0.05) is 10.6 Å². The van der Waals surface area contributed by atoms with Crippen molar-refractivity contribution in [1.82, 2.24) is 0 Å². The Bertz CT molecular complexity index is 667. The lowest BCUT2D eigenvalue weighted by molar-refractivity contribution is 0.0697. The normalized spacial score (nSPS) is 10.2. The molecule has 0 amide bonds. The number of methoxy groups -OCH3 is 1. The first-order valence-corrected chi connectivity index (χ1v) is 6.68. The van der Waals surface area contributed by atoms with Crippen LogP contribution in [-0.4, -0.2) is 18.2 Å². The van der Waals surface area contributed by atoms with Gasteiger partial charge >= 0.3 is 5.97 Å². The van der Waals surface area contributed by atoms with Gasteiger partial charge < -0.3 is 14.6 Å². The Balaban J connectivity index is 2.15. The molecule has 0 atom stereocenters. The lowest BCUT2D eigenvalue weighted by atomic mass is 10.1. The van der Waals surface area contributed by atoms with Gasteiger partial charge in [-0.3, -0.25) is 0 Å². The summed E-state index contributed by atoms with van der Waals surface area (Å²) >= 11 is 6.06. The van der Waals surface area contributed by atoms with Crippen molar-refractivity contribution >= 4 is 17.6 Å². The number of benzene rings is 2. The van der Waals surface area contributed by atoms with Crippen molar-refractivity contribution in [2.75, 3.05) is 7.11 Å². The summed E-state index contributed by atoms with van der Waals surface area (Å²) in [4.78, 5) is 10.9. The summed E-state index contributed by atoms with van der Waals surface area (Å²) in [5.74, 6) is 0.249. The smallest absolute Gasteiger partial charge is 0.335 e. The van der Waals surface area contributed by atoms with Crippen molar-refractivity contribution in [2.24, 2.45) is 0 Å². The zero-order valence-electron chi connectivity index (χ0n) is 11.7. The van der Waals surface area contributed by atoms with Gasteiger partial charge in [0.25, 0.3) is 0 Å². The minimum Gasteiger partial charge on any atom is -0.493 e. The van der Waals surface area contributed by atoms with Crippen molar-refractivity contribution in [3.63, 3.8) is 0 Å². The summed E-state index contributed by atoms with van der Waals surface area (Å²) in [6.07, 6.45) is 0.